The van der Waals surface area contributed by atoms with E-state index in [9.17, 15) is 4.79 Å². The summed E-state index contributed by atoms with van der Waals surface area (Å²) in [6, 6.07) is 6.01. The van der Waals surface area contributed by atoms with Crippen LogP contribution in [-0.4, -0.2) is 22.9 Å². The van der Waals surface area contributed by atoms with Crippen LogP contribution >= 0.6 is 15.9 Å². The molecule has 0 bridgehead atoms. The Morgan fingerprint density at radius 1 is 1.37 bits per heavy atom. The van der Waals surface area contributed by atoms with Crippen molar-refractivity contribution in [3.05, 3.63) is 29.3 Å². The molecule has 0 saturated heterocycles. The third-order valence-corrected chi connectivity index (χ3v) is 3.16. The molecule has 1 amide bonds. The van der Waals surface area contributed by atoms with Crippen LogP contribution in [0.5, 0.6) is 5.75 Å². The first kappa shape index (κ1) is 16.0. The number of rotatable bonds is 5. The van der Waals surface area contributed by atoms with Crippen LogP contribution in [0.1, 0.15) is 31.9 Å². The lowest BCUT2D eigenvalue weighted by Gasteiger charge is -2.21. The van der Waals surface area contributed by atoms with E-state index in [-0.39, 0.29) is 11.9 Å². The van der Waals surface area contributed by atoms with E-state index in [0.29, 0.717) is 6.61 Å². The van der Waals surface area contributed by atoms with Gasteiger partial charge in [-0.15, -0.1) is 0 Å². The lowest BCUT2D eigenvalue weighted by Crippen LogP contribution is -2.44. The van der Waals surface area contributed by atoms with E-state index in [1.807, 2.05) is 52.8 Å². The van der Waals surface area contributed by atoms with Crippen LogP contribution in [0.3, 0.4) is 0 Å². The third-order valence-electron chi connectivity index (χ3n) is 2.80. The summed E-state index contributed by atoms with van der Waals surface area (Å²) in [4.78, 5) is 11.8. The van der Waals surface area contributed by atoms with Gasteiger partial charge in [0, 0.05) is 0 Å². The standard InChI is InChI=1S/C15H22BrNO2/c1-10-7-6-8-11(2)13(10)19-9-12(3)17-14(18)15(4,5)16/h6-8,12H,9H2,1-5H3,(H,17,18). The van der Waals surface area contributed by atoms with Gasteiger partial charge < -0.3 is 10.1 Å². The summed E-state index contributed by atoms with van der Waals surface area (Å²) in [5.74, 6) is 0.867. The Balaban J connectivity index is 2.56. The summed E-state index contributed by atoms with van der Waals surface area (Å²) in [6.07, 6.45) is 0. The molecular formula is C15H22BrNO2. The monoisotopic (exact) mass is 327 g/mol. The average Bonchev–Trinajstić information content (AvgIpc) is 2.27. The predicted molar refractivity (Wildman–Crippen MR) is 82.0 cm³/mol. The minimum Gasteiger partial charge on any atom is -0.491 e. The van der Waals surface area contributed by atoms with Crippen molar-refractivity contribution < 1.29 is 9.53 Å². The fraction of sp³-hybridized carbons (Fsp3) is 0.533. The zero-order valence-corrected chi connectivity index (χ0v) is 13.8. The van der Waals surface area contributed by atoms with E-state index in [2.05, 4.69) is 21.2 Å². The Hall–Kier alpha value is -1.03. The number of amides is 1. The van der Waals surface area contributed by atoms with Gasteiger partial charge >= 0.3 is 0 Å². The lowest BCUT2D eigenvalue weighted by molar-refractivity contribution is -0.123. The summed E-state index contributed by atoms with van der Waals surface area (Å²) in [5, 5.41) is 2.92. The number of hydrogen-bond acceptors (Lipinski definition) is 2. The minimum absolute atomic E-state index is 0.0369. The molecular weight excluding hydrogens is 306 g/mol. The molecule has 1 aromatic rings. The maximum Gasteiger partial charge on any atom is 0.236 e. The first-order valence-electron chi connectivity index (χ1n) is 6.40. The second-order valence-electron chi connectivity index (χ2n) is 5.38. The van der Waals surface area contributed by atoms with Crippen molar-refractivity contribution in [2.75, 3.05) is 6.61 Å². The molecule has 1 unspecified atom stereocenters. The molecule has 0 aliphatic carbocycles. The maximum absolute atomic E-state index is 11.8. The fourth-order valence-electron chi connectivity index (χ4n) is 1.67. The predicted octanol–water partition coefficient (Wildman–Crippen LogP) is 3.36. The molecule has 1 rings (SSSR count). The van der Waals surface area contributed by atoms with Crippen molar-refractivity contribution in [2.24, 2.45) is 0 Å². The first-order chi connectivity index (χ1) is 8.71. The number of benzene rings is 1. The van der Waals surface area contributed by atoms with Crippen molar-refractivity contribution >= 4 is 21.8 Å². The summed E-state index contributed by atoms with van der Waals surface area (Å²) >= 11 is 3.34. The van der Waals surface area contributed by atoms with Crippen molar-refractivity contribution in [2.45, 2.75) is 45.0 Å². The number of carbonyl (C=O) groups is 1. The number of halogens is 1. The van der Waals surface area contributed by atoms with E-state index in [1.165, 1.54) is 0 Å². The van der Waals surface area contributed by atoms with Gasteiger partial charge in [0.2, 0.25) is 5.91 Å². The summed E-state index contributed by atoms with van der Waals surface area (Å²) in [6.45, 7) is 10.1. The maximum atomic E-state index is 11.8. The van der Waals surface area contributed by atoms with Crippen LogP contribution in [0.2, 0.25) is 0 Å². The molecule has 19 heavy (non-hydrogen) atoms. The van der Waals surface area contributed by atoms with Gasteiger partial charge in [-0.25, -0.2) is 0 Å². The molecule has 3 nitrogen and oxygen atoms in total. The molecule has 4 heteroatoms. The molecule has 0 radical (unpaired) electrons. The summed E-state index contributed by atoms with van der Waals surface area (Å²) < 4.78 is 5.26. The van der Waals surface area contributed by atoms with Crippen molar-refractivity contribution in [1.82, 2.24) is 5.32 Å². The number of para-hydroxylation sites is 1. The van der Waals surface area contributed by atoms with Crippen LogP contribution in [0.25, 0.3) is 0 Å². The normalized spacial score (nSPS) is 12.9. The van der Waals surface area contributed by atoms with Gasteiger partial charge in [0.15, 0.2) is 0 Å². The highest BCUT2D eigenvalue weighted by Gasteiger charge is 2.24. The molecule has 0 fully saturated rings. The third kappa shape index (κ3) is 4.86. The van der Waals surface area contributed by atoms with Gasteiger partial charge in [0.1, 0.15) is 12.4 Å². The Kier molecular flexibility index (Phi) is 5.41. The SMILES string of the molecule is Cc1cccc(C)c1OCC(C)NC(=O)C(C)(C)Br. The van der Waals surface area contributed by atoms with Gasteiger partial charge in [0.25, 0.3) is 0 Å². The second-order valence-corrected chi connectivity index (χ2v) is 7.36. The summed E-state index contributed by atoms with van der Waals surface area (Å²) in [7, 11) is 0. The molecule has 0 aliphatic heterocycles. The quantitative estimate of drug-likeness (QED) is 0.842. The van der Waals surface area contributed by atoms with Crippen LogP contribution in [-0.2, 0) is 4.79 Å². The van der Waals surface area contributed by atoms with E-state index < -0.39 is 4.32 Å². The number of nitrogens with one attached hydrogen (secondary N) is 1. The Labute approximate surface area is 123 Å². The smallest absolute Gasteiger partial charge is 0.236 e. The molecule has 0 spiro atoms. The number of carbonyl (C=O) groups excluding carboxylic acids is 1. The zero-order valence-electron chi connectivity index (χ0n) is 12.2. The minimum atomic E-state index is -0.556. The molecule has 106 valence electrons. The molecule has 0 aromatic heterocycles. The summed E-state index contributed by atoms with van der Waals surface area (Å²) in [5.41, 5.74) is 2.22. The van der Waals surface area contributed by atoms with Crippen LogP contribution in [0, 0.1) is 13.8 Å². The Morgan fingerprint density at radius 2 is 1.89 bits per heavy atom. The van der Waals surface area contributed by atoms with Gasteiger partial charge in [0.05, 0.1) is 10.4 Å². The number of alkyl halides is 1. The highest BCUT2D eigenvalue weighted by Crippen LogP contribution is 2.22. The molecule has 1 N–H and O–H groups in total. The van der Waals surface area contributed by atoms with Crippen LogP contribution in [0.4, 0.5) is 0 Å². The highest BCUT2D eigenvalue weighted by molar-refractivity contribution is 9.10. The number of ether oxygens (including phenoxy) is 1. The van der Waals surface area contributed by atoms with Gasteiger partial charge in [-0.3, -0.25) is 4.79 Å². The van der Waals surface area contributed by atoms with E-state index >= 15 is 0 Å². The molecule has 0 saturated carbocycles. The Morgan fingerprint density at radius 3 is 2.37 bits per heavy atom. The van der Waals surface area contributed by atoms with Crippen molar-refractivity contribution in [3.8, 4) is 5.75 Å². The number of aryl methyl sites for hydroxylation is 2. The van der Waals surface area contributed by atoms with E-state index in [0.717, 1.165) is 16.9 Å². The molecule has 1 atom stereocenters. The second kappa shape index (κ2) is 6.42. The van der Waals surface area contributed by atoms with Crippen molar-refractivity contribution in [3.63, 3.8) is 0 Å². The lowest BCUT2D eigenvalue weighted by atomic mass is 10.1. The largest absolute Gasteiger partial charge is 0.491 e. The average molecular weight is 328 g/mol. The van der Waals surface area contributed by atoms with Gasteiger partial charge in [-0.05, 0) is 45.7 Å². The fourth-order valence-corrected chi connectivity index (χ4v) is 1.79. The van der Waals surface area contributed by atoms with E-state index in [1.54, 1.807) is 0 Å². The molecule has 1 aromatic carbocycles. The highest BCUT2D eigenvalue weighted by atomic mass is 79.9. The van der Waals surface area contributed by atoms with Crippen molar-refractivity contribution in [1.29, 1.82) is 0 Å². The molecule has 0 heterocycles. The Bertz CT molecular complexity index is 432. The van der Waals surface area contributed by atoms with Gasteiger partial charge in [-0.2, -0.15) is 0 Å². The topological polar surface area (TPSA) is 38.3 Å². The first-order valence-corrected chi connectivity index (χ1v) is 7.20. The van der Waals surface area contributed by atoms with E-state index in [4.69, 9.17) is 4.74 Å². The number of hydrogen-bond donors (Lipinski definition) is 1. The zero-order chi connectivity index (χ0) is 14.6. The molecule has 0 aliphatic rings. The van der Waals surface area contributed by atoms with Gasteiger partial charge in [-0.1, -0.05) is 34.1 Å². The van der Waals surface area contributed by atoms with Crippen LogP contribution in [0.15, 0.2) is 18.2 Å². The van der Waals surface area contributed by atoms with Crippen LogP contribution < -0.4 is 10.1 Å².